The molecule has 0 aromatic heterocycles. The molecule has 1 nitrogen and oxygen atoms in total. The molecule has 0 aliphatic heterocycles. The van der Waals surface area contributed by atoms with Crippen LogP contribution in [0.4, 0.5) is 0 Å². The van der Waals surface area contributed by atoms with Crippen LogP contribution >= 0.6 is 0 Å². The van der Waals surface area contributed by atoms with E-state index < -0.39 is 0 Å². The van der Waals surface area contributed by atoms with Crippen molar-refractivity contribution in [1.82, 2.24) is 0 Å². The van der Waals surface area contributed by atoms with Crippen LogP contribution in [0.5, 0.6) is 0 Å². The second-order valence-electron chi connectivity index (χ2n) is 4.25. The minimum Gasteiger partial charge on any atom is -0.400 e. The van der Waals surface area contributed by atoms with Gasteiger partial charge in [0.15, 0.2) is 14.7 Å². The number of hydrogen-bond donors (Lipinski definition) is 1. The summed E-state index contributed by atoms with van der Waals surface area (Å²) in [5, 5.41) is 7.00. The largest absolute Gasteiger partial charge is 0.400 e. The van der Waals surface area contributed by atoms with E-state index >= 15 is 0 Å². The molecule has 0 amide bonds. The molecule has 106 valence electrons. The fraction of sp³-hybridized carbons (Fsp3) is 0.0526. The van der Waals surface area contributed by atoms with Crippen LogP contribution in [0.3, 0.4) is 0 Å². The molecule has 0 atom stereocenters. The third-order valence-electron chi connectivity index (χ3n) is 2.94. The number of hydrogen-bond acceptors (Lipinski definition) is 1. The number of rotatable bonds is 3. The predicted octanol–water partition coefficient (Wildman–Crippen LogP) is 4.39. The quantitative estimate of drug-likeness (QED) is 0.710. The highest BCUT2D eigenvalue weighted by atomic mass is 32.2. The summed E-state index contributed by atoms with van der Waals surface area (Å²) in [6.07, 6.45) is 0. The highest BCUT2D eigenvalue weighted by Gasteiger charge is 2.27. The van der Waals surface area contributed by atoms with Crippen molar-refractivity contribution in [3.8, 4) is 0 Å². The molecule has 3 aromatic rings. The maximum atomic E-state index is 7.00. The highest BCUT2D eigenvalue weighted by molar-refractivity contribution is 7.97. The first-order valence-electron chi connectivity index (χ1n) is 6.79. The second-order valence-corrected chi connectivity index (χ2v) is 6.27. The zero-order valence-corrected chi connectivity index (χ0v) is 12.8. The summed E-state index contributed by atoms with van der Waals surface area (Å²) in [5.74, 6) is 0. The molecule has 0 bridgehead atoms. The average Bonchev–Trinajstić information content (AvgIpc) is 2.60. The van der Waals surface area contributed by atoms with E-state index in [2.05, 4.69) is 91.0 Å². The molecule has 0 aliphatic rings. The van der Waals surface area contributed by atoms with Crippen LogP contribution in [0.25, 0.3) is 0 Å². The SMILES string of the molecule is CO.c1ccc([S+](c2ccccc2)c2ccccc2)cc1. The van der Waals surface area contributed by atoms with Gasteiger partial charge in [0.05, 0.1) is 10.9 Å². The Morgan fingerprint density at radius 2 is 0.714 bits per heavy atom. The molecule has 0 fully saturated rings. The number of aliphatic hydroxyl groups is 1. The lowest BCUT2D eigenvalue weighted by Gasteiger charge is -2.07. The zero-order valence-electron chi connectivity index (χ0n) is 12.0. The lowest BCUT2D eigenvalue weighted by Crippen LogP contribution is -2.04. The highest BCUT2D eigenvalue weighted by Crippen LogP contribution is 2.30. The van der Waals surface area contributed by atoms with Crippen molar-refractivity contribution in [2.45, 2.75) is 14.7 Å². The van der Waals surface area contributed by atoms with Gasteiger partial charge < -0.3 is 5.11 Å². The molecule has 0 radical (unpaired) electrons. The van der Waals surface area contributed by atoms with E-state index in [-0.39, 0.29) is 10.9 Å². The summed E-state index contributed by atoms with van der Waals surface area (Å²) >= 11 is 0. The molecule has 0 saturated heterocycles. The van der Waals surface area contributed by atoms with Crippen molar-refractivity contribution < 1.29 is 5.11 Å². The smallest absolute Gasteiger partial charge is 0.166 e. The van der Waals surface area contributed by atoms with E-state index in [1.54, 1.807) is 0 Å². The third kappa shape index (κ3) is 3.97. The summed E-state index contributed by atoms with van der Waals surface area (Å²) in [5.41, 5.74) is 0. The fourth-order valence-corrected chi connectivity index (χ4v) is 4.18. The van der Waals surface area contributed by atoms with Gasteiger partial charge in [-0.2, -0.15) is 0 Å². The van der Waals surface area contributed by atoms with E-state index in [4.69, 9.17) is 5.11 Å². The molecule has 0 spiro atoms. The van der Waals surface area contributed by atoms with Gasteiger partial charge in [-0.15, -0.1) is 0 Å². The van der Waals surface area contributed by atoms with E-state index in [1.165, 1.54) is 14.7 Å². The van der Waals surface area contributed by atoms with E-state index in [9.17, 15) is 0 Å². The normalized spacial score (nSPS) is 9.86. The summed E-state index contributed by atoms with van der Waals surface area (Å²) < 4.78 is 0. The number of aliphatic hydroxyl groups excluding tert-OH is 1. The lowest BCUT2D eigenvalue weighted by molar-refractivity contribution is 0.399. The minimum atomic E-state index is -0.0146. The molecule has 0 unspecified atom stereocenters. The van der Waals surface area contributed by atoms with Gasteiger partial charge >= 0.3 is 0 Å². The van der Waals surface area contributed by atoms with E-state index in [0.29, 0.717) is 0 Å². The summed E-state index contributed by atoms with van der Waals surface area (Å²) in [4.78, 5) is 4.08. The molecule has 0 saturated carbocycles. The van der Waals surface area contributed by atoms with Crippen LogP contribution in [0.2, 0.25) is 0 Å². The lowest BCUT2D eigenvalue weighted by atomic mass is 10.4. The molecule has 3 aromatic carbocycles. The van der Waals surface area contributed by atoms with E-state index in [0.717, 1.165) is 7.11 Å². The standard InChI is InChI=1S/C18H15S.CH4O/c1-4-10-16(11-5-1)19(17-12-6-2-7-13-17)18-14-8-3-9-15-18;1-2/h1-15H;2H,1H3/q+1;. The summed E-state index contributed by atoms with van der Waals surface area (Å²) in [7, 11) is 0.985. The van der Waals surface area contributed by atoms with Crippen LogP contribution in [0, 0.1) is 0 Å². The van der Waals surface area contributed by atoms with Crippen molar-refractivity contribution in [2.24, 2.45) is 0 Å². The van der Waals surface area contributed by atoms with Gasteiger partial charge in [0.2, 0.25) is 0 Å². The molecular weight excluding hydrogens is 276 g/mol. The fourth-order valence-electron chi connectivity index (χ4n) is 2.08. The Kier molecular flexibility index (Phi) is 6.07. The molecule has 0 heterocycles. The van der Waals surface area contributed by atoms with Crippen molar-refractivity contribution in [1.29, 1.82) is 0 Å². The first-order chi connectivity index (χ1) is 10.4. The first kappa shape index (κ1) is 15.4. The third-order valence-corrected chi connectivity index (χ3v) is 5.17. The Labute approximate surface area is 129 Å². The van der Waals surface area contributed by atoms with Gasteiger partial charge in [-0.1, -0.05) is 54.6 Å². The maximum absolute atomic E-state index is 7.00. The van der Waals surface area contributed by atoms with Crippen LogP contribution in [-0.2, 0) is 10.9 Å². The average molecular weight is 295 g/mol. The van der Waals surface area contributed by atoms with Gasteiger partial charge in [-0.25, -0.2) is 0 Å². The Bertz CT molecular complexity index is 530. The Morgan fingerprint density at radius 3 is 0.952 bits per heavy atom. The van der Waals surface area contributed by atoms with Crippen LogP contribution in [0.1, 0.15) is 0 Å². The van der Waals surface area contributed by atoms with Gasteiger partial charge in [-0.05, 0) is 36.4 Å². The van der Waals surface area contributed by atoms with Crippen LogP contribution < -0.4 is 0 Å². The van der Waals surface area contributed by atoms with Gasteiger partial charge in [0.1, 0.15) is 0 Å². The van der Waals surface area contributed by atoms with Crippen molar-refractivity contribution in [3.63, 3.8) is 0 Å². The van der Waals surface area contributed by atoms with Crippen LogP contribution in [0.15, 0.2) is 106 Å². The maximum Gasteiger partial charge on any atom is 0.166 e. The summed E-state index contributed by atoms with van der Waals surface area (Å²) in [6, 6.07) is 32.2. The zero-order chi connectivity index (χ0) is 14.9. The second kappa shape index (κ2) is 8.30. The van der Waals surface area contributed by atoms with Gasteiger partial charge in [0, 0.05) is 7.11 Å². The monoisotopic (exact) mass is 295 g/mol. The van der Waals surface area contributed by atoms with Crippen molar-refractivity contribution in [2.75, 3.05) is 7.11 Å². The Morgan fingerprint density at radius 1 is 0.476 bits per heavy atom. The molecule has 3 rings (SSSR count). The molecule has 1 N–H and O–H groups in total. The molecule has 0 aliphatic carbocycles. The molecule has 2 heteroatoms. The topological polar surface area (TPSA) is 20.2 Å². The molecular formula is C19H19OS+. The van der Waals surface area contributed by atoms with Gasteiger partial charge in [-0.3, -0.25) is 0 Å². The summed E-state index contributed by atoms with van der Waals surface area (Å²) in [6.45, 7) is 0. The Balaban J connectivity index is 0.000000774. The molecule has 21 heavy (non-hydrogen) atoms. The van der Waals surface area contributed by atoms with Crippen molar-refractivity contribution >= 4 is 10.9 Å². The van der Waals surface area contributed by atoms with E-state index in [1.807, 2.05) is 0 Å². The van der Waals surface area contributed by atoms with Crippen LogP contribution in [-0.4, -0.2) is 12.2 Å². The predicted molar refractivity (Wildman–Crippen MR) is 89.6 cm³/mol. The number of benzene rings is 3. The minimum absolute atomic E-state index is 0.0146. The van der Waals surface area contributed by atoms with Gasteiger partial charge in [0.25, 0.3) is 0 Å². The Hall–Kier alpha value is -2.03. The first-order valence-corrected chi connectivity index (χ1v) is 8.02. The van der Waals surface area contributed by atoms with Crippen molar-refractivity contribution in [3.05, 3.63) is 91.0 Å².